The third kappa shape index (κ3) is 3.88. The lowest BCUT2D eigenvalue weighted by Gasteiger charge is -2.15. The molecule has 1 aromatic rings. The van der Waals surface area contributed by atoms with Gasteiger partial charge in [0.1, 0.15) is 5.75 Å². The fraction of sp³-hybridized carbons (Fsp3) is 0.462. The van der Waals surface area contributed by atoms with Crippen molar-refractivity contribution in [1.82, 2.24) is 4.90 Å². The van der Waals surface area contributed by atoms with Crippen LogP contribution in [0.25, 0.3) is 0 Å². The van der Waals surface area contributed by atoms with Crippen LogP contribution in [-0.2, 0) is 21.3 Å². The van der Waals surface area contributed by atoms with Gasteiger partial charge in [-0.1, -0.05) is 34.8 Å². The summed E-state index contributed by atoms with van der Waals surface area (Å²) in [6.45, 7) is 1.52. The Hall–Kier alpha value is -0.290. The van der Waals surface area contributed by atoms with Crippen LogP contribution in [0.15, 0.2) is 12.1 Å². The van der Waals surface area contributed by atoms with Gasteiger partial charge < -0.3 is 4.90 Å². The van der Waals surface area contributed by atoms with Gasteiger partial charge in [0, 0.05) is 34.5 Å². The van der Waals surface area contributed by atoms with Crippen LogP contribution in [0, 0.1) is 0 Å². The molecule has 1 amide bonds. The highest BCUT2D eigenvalue weighted by Crippen LogP contribution is 2.32. The van der Waals surface area contributed by atoms with Crippen LogP contribution in [0.4, 0.5) is 0 Å². The molecule has 1 heterocycles. The van der Waals surface area contributed by atoms with Crippen molar-refractivity contribution in [1.29, 1.82) is 0 Å². The monoisotopic (exact) mass is 353 g/mol. The van der Waals surface area contributed by atoms with Crippen molar-refractivity contribution in [2.24, 2.45) is 0 Å². The third-order valence-corrected chi connectivity index (χ3v) is 5.56. The van der Waals surface area contributed by atoms with Gasteiger partial charge in [-0.3, -0.25) is 9.00 Å². The molecule has 110 valence electrons. The van der Waals surface area contributed by atoms with Gasteiger partial charge in [0.15, 0.2) is 0 Å². The highest BCUT2D eigenvalue weighted by atomic mass is 35.5. The van der Waals surface area contributed by atoms with Crippen LogP contribution in [0.1, 0.15) is 18.4 Å². The molecule has 2 rings (SSSR count). The summed E-state index contributed by atoms with van der Waals surface area (Å²) in [5, 5.41) is 1.09. The minimum atomic E-state index is -1.34. The summed E-state index contributed by atoms with van der Waals surface area (Å²) >= 11 is 18.0. The van der Waals surface area contributed by atoms with E-state index >= 15 is 0 Å². The Bertz CT molecular complexity index is 545. The van der Waals surface area contributed by atoms with E-state index in [2.05, 4.69) is 0 Å². The first-order valence-corrected chi connectivity index (χ1v) is 8.86. The van der Waals surface area contributed by atoms with Gasteiger partial charge in [-0.05, 0) is 25.0 Å². The lowest BCUT2D eigenvalue weighted by Crippen LogP contribution is -2.32. The van der Waals surface area contributed by atoms with Crippen molar-refractivity contribution in [2.75, 3.05) is 18.8 Å². The van der Waals surface area contributed by atoms with E-state index in [0.29, 0.717) is 20.6 Å². The molecule has 0 radical (unpaired) electrons. The Morgan fingerprint density at radius 3 is 2.40 bits per heavy atom. The van der Waals surface area contributed by atoms with E-state index in [4.69, 9.17) is 34.8 Å². The molecule has 0 bridgehead atoms. The maximum absolute atomic E-state index is 12.1. The summed E-state index contributed by atoms with van der Waals surface area (Å²) in [5.74, 6) is 0.0619. The van der Waals surface area contributed by atoms with Crippen LogP contribution in [-0.4, -0.2) is 33.9 Å². The quantitative estimate of drug-likeness (QED) is 0.776. The zero-order valence-corrected chi connectivity index (χ0v) is 13.8. The van der Waals surface area contributed by atoms with Crippen LogP contribution in [0.5, 0.6) is 0 Å². The predicted octanol–water partition coefficient (Wildman–Crippen LogP) is 3.52. The van der Waals surface area contributed by atoms with E-state index < -0.39 is 10.8 Å². The molecule has 1 fully saturated rings. The maximum atomic E-state index is 12.1. The average Bonchev–Trinajstić information content (AvgIpc) is 2.93. The van der Waals surface area contributed by atoms with Gasteiger partial charge in [0.05, 0.1) is 15.8 Å². The van der Waals surface area contributed by atoms with Crippen molar-refractivity contribution in [3.8, 4) is 0 Å². The Morgan fingerprint density at radius 1 is 1.15 bits per heavy atom. The molecule has 1 aliphatic heterocycles. The van der Waals surface area contributed by atoms with Gasteiger partial charge in [-0.2, -0.15) is 0 Å². The first-order chi connectivity index (χ1) is 9.49. The largest absolute Gasteiger partial charge is 0.342 e. The van der Waals surface area contributed by atoms with Gasteiger partial charge in [-0.15, -0.1) is 0 Å². The molecule has 0 saturated carbocycles. The molecule has 1 unspecified atom stereocenters. The molecule has 7 heteroatoms. The lowest BCUT2D eigenvalue weighted by atomic mass is 10.2. The number of carbonyl (C=O) groups excluding carboxylic acids is 1. The van der Waals surface area contributed by atoms with E-state index in [1.165, 1.54) is 0 Å². The normalized spacial score (nSPS) is 16.4. The number of carbonyl (C=O) groups is 1. The standard InChI is InChI=1S/C13H14Cl3NO2S/c14-10-3-4-11(15)13(16)9(10)7-20(19)8-12(18)17-5-1-2-6-17/h3-4H,1-2,5-8H2. The van der Waals surface area contributed by atoms with Gasteiger partial charge in [0.25, 0.3) is 0 Å². The Balaban J connectivity index is 2.01. The number of nitrogens with zero attached hydrogens (tertiary/aromatic N) is 1. The molecule has 1 atom stereocenters. The first-order valence-electron chi connectivity index (χ1n) is 6.24. The average molecular weight is 355 g/mol. The molecule has 1 aromatic carbocycles. The first kappa shape index (κ1) is 16.1. The van der Waals surface area contributed by atoms with E-state index in [9.17, 15) is 9.00 Å². The number of hydrogen-bond donors (Lipinski definition) is 0. The molecular formula is C13H14Cl3NO2S. The van der Waals surface area contributed by atoms with Gasteiger partial charge in [0.2, 0.25) is 5.91 Å². The van der Waals surface area contributed by atoms with E-state index in [1.807, 2.05) is 0 Å². The molecule has 0 aliphatic carbocycles. The lowest BCUT2D eigenvalue weighted by molar-refractivity contribution is -0.127. The number of halogens is 3. The summed E-state index contributed by atoms with van der Waals surface area (Å²) in [6, 6.07) is 3.21. The van der Waals surface area contributed by atoms with Crippen LogP contribution < -0.4 is 0 Å². The third-order valence-electron chi connectivity index (χ3n) is 3.19. The fourth-order valence-electron chi connectivity index (χ4n) is 2.11. The molecular weight excluding hydrogens is 341 g/mol. The SMILES string of the molecule is O=C(CS(=O)Cc1c(Cl)ccc(Cl)c1Cl)N1CCCC1. The number of hydrogen-bond acceptors (Lipinski definition) is 2. The second-order valence-corrected chi connectivity index (χ2v) is 7.29. The zero-order chi connectivity index (χ0) is 14.7. The highest BCUT2D eigenvalue weighted by molar-refractivity contribution is 7.84. The van der Waals surface area contributed by atoms with Crippen LogP contribution >= 0.6 is 34.8 Å². The smallest absolute Gasteiger partial charge is 0.235 e. The summed E-state index contributed by atoms with van der Waals surface area (Å²) in [7, 11) is -1.34. The minimum absolute atomic E-state index is 0.000822. The second-order valence-electron chi connectivity index (χ2n) is 4.64. The topological polar surface area (TPSA) is 37.4 Å². The summed E-state index contributed by atoms with van der Waals surface area (Å²) < 4.78 is 12.1. The summed E-state index contributed by atoms with van der Waals surface area (Å²) in [5.41, 5.74) is 0.536. The van der Waals surface area contributed by atoms with Crippen LogP contribution in [0.2, 0.25) is 15.1 Å². The Kier molecular flexibility index (Phi) is 5.73. The van der Waals surface area contributed by atoms with E-state index in [1.54, 1.807) is 17.0 Å². The van der Waals surface area contributed by atoms with Gasteiger partial charge in [-0.25, -0.2) is 0 Å². The number of likely N-dealkylation sites (tertiary alicyclic amines) is 1. The second kappa shape index (κ2) is 7.12. The highest BCUT2D eigenvalue weighted by Gasteiger charge is 2.21. The maximum Gasteiger partial charge on any atom is 0.235 e. The summed E-state index contributed by atoms with van der Waals surface area (Å²) in [6.07, 6.45) is 2.04. The Morgan fingerprint density at radius 2 is 1.75 bits per heavy atom. The van der Waals surface area contributed by atoms with Crippen molar-refractivity contribution in [2.45, 2.75) is 18.6 Å². The molecule has 3 nitrogen and oxygen atoms in total. The predicted molar refractivity (Wildman–Crippen MR) is 84.0 cm³/mol. The van der Waals surface area contributed by atoms with Gasteiger partial charge >= 0.3 is 0 Å². The van der Waals surface area contributed by atoms with Crippen molar-refractivity contribution < 1.29 is 9.00 Å². The zero-order valence-electron chi connectivity index (χ0n) is 10.7. The van der Waals surface area contributed by atoms with Crippen molar-refractivity contribution in [3.05, 3.63) is 32.8 Å². The molecule has 1 aliphatic rings. The minimum Gasteiger partial charge on any atom is -0.342 e. The van der Waals surface area contributed by atoms with E-state index in [0.717, 1.165) is 25.9 Å². The van der Waals surface area contributed by atoms with Crippen molar-refractivity contribution in [3.63, 3.8) is 0 Å². The fourth-order valence-corrected chi connectivity index (χ4v) is 4.13. The molecule has 0 N–H and O–H groups in total. The Labute approximate surface area is 135 Å². The van der Waals surface area contributed by atoms with Crippen LogP contribution in [0.3, 0.4) is 0 Å². The summed E-state index contributed by atoms with van der Waals surface area (Å²) in [4.78, 5) is 13.7. The van der Waals surface area contributed by atoms with E-state index in [-0.39, 0.29) is 17.4 Å². The molecule has 0 aromatic heterocycles. The number of rotatable bonds is 4. The molecule has 1 saturated heterocycles. The number of amides is 1. The molecule has 0 spiro atoms. The molecule has 20 heavy (non-hydrogen) atoms. The number of benzene rings is 1. The van der Waals surface area contributed by atoms with Crippen molar-refractivity contribution >= 4 is 51.5 Å².